The van der Waals surface area contributed by atoms with E-state index in [1.54, 1.807) is 18.2 Å². The van der Waals surface area contributed by atoms with Gasteiger partial charge in [0.05, 0.1) is 27.4 Å². The normalized spacial score (nSPS) is 12.2. The first-order chi connectivity index (χ1) is 13.7. The zero-order valence-electron chi connectivity index (χ0n) is 16.5. The van der Waals surface area contributed by atoms with Crippen LogP contribution >= 0.6 is 11.6 Å². The number of carbonyl (C=O) groups excluding carboxylic acids is 1. The van der Waals surface area contributed by atoms with Gasteiger partial charge in [0.1, 0.15) is 10.6 Å². The predicted molar refractivity (Wildman–Crippen MR) is 109 cm³/mol. The van der Waals surface area contributed by atoms with Crippen LogP contribution in [0.3, 0.4) is 0 Å². The Morgan fingerprint density at radius 3 is 2.24 bits per heavy atom. The van der Waals surface area contributed by atoms with Gasteiger partial charge in [0.2, 0.25) is 15.9 Å². The molecule has 2 N–H and O–H groups in total. The number of hydrogen-bond acceptors (Lipinski definition) is 6. The van der Waals surface area contributed by atoms with Crippen LogP contribution in [0.4, 0.5) is 0 Å². The van der Waals surface area contributed by atoms with Crippen molar-refractivity contribution in [1.29, 1.82) is 0 Å². The highest BCUT2D eigenvalue weighted by molar-refractivity contribution is 7.89. The number of amides is 1. The lowest BCUT2D eigenvalue weighted by atomic mass is 10.2. The summed E-state index contributed by atoms with van der Waals surface area (Å²) in [4.78, 5) is 12.2. The van der Waals surface area contributed by atoms with Gasteiger partial charge in [-0.3, -0.25) is 4.79 Å². The molecular weight excluding hydrogens is 420 g/mol. The van der Waals surface area contributed by atoms with Crippen LogP contribution in [-0.2, 0) is 21.4 Å². The third kappa shape index (κ3) is 5.75. The van der Waals surface area contributed by atoms with Crippen molar-refractivity contribution < 1.29 is 27.4 Å². The molecule has 2 aromatic rings. The van der Waals surface area contributed by atoms with Gasteiger partial charge >= 0.3 is 0 Å². The summed E-state index contributed by atoms with van der Waals surface area (Å²) in [7, 11) is 0.364. The number of rotatable bonds is 9. The maximum atomic E-state index is 12.6. The highest BCUT2D eigenvalue weighted by Gasteiger charge is 2.25. The minimum absolute atomic E-state index is 0.125. The molecule has 2 aromatic carbocycles. The molecule has 0 spiro atoms. The lowest BCUT2D eigenvalue weighted by Crippen LogP contribution is -2.44. The van der Waals surface area contributed by atoms with Gasteiger partial charge in [-0.1, -0.05) is 17.7 Å². The van der Waals surface area contributed by atoms with Crippen molar-refractivity contribution in [3.05, 3.63) is 47.0 Å². The van der Waals surface area contributed by atoms with Gasteiger partial charge in [-0.15, -0.1) is 0 Å². The fraction of sp³-hybridized carbons (Fsp3) is 0.316. The summed E-state index contributed by atoms with van der Waals surface area (Å²) < 4.78 is 43.1. The predicted octanol–water partition coefficient (Wildman–Crippen LogP) is 2.35. The van der Waals surface area contributed by atoms with Crippen molar-refractivity contribution in [3.8, 4) is 17.2 Å². The van der Waals surface area contributed by atoms with E-state index in [4.69, 9.17) is 25.8 Å². The lowest BCUT2D eigenvalue weighted by molar-refractivity contribution is -0.122. The Kier molecular flexibility index (Phi) is 7.72. The minimum Gasteiger partial charge on any atom is -0.495 e. The first-order valence-corrected chi connectivity index (χ1v) is 10.4. The molecule has 0 saturated heterocycles. The standard InChI is InChI=1S/C19H23ClN2O6S/c1-12(22-29(24,25)18-10-14(20)6-8-16(18)27-3)19(23)21-11-13-5-7-15(26-2)17(9-13)28-4/h5-10,12,22H,11H2,1-4H3,(H,21,23). The molecule has 1 amide bonds. The van der Waals surface area contributed by atoms with Crippen LogP contribution in [0.15, 0.2) is 41.3 Å². The van der Waals surface area contributed by atoms with Crippen molar-refractivity contribution in [2.24, 2.45) is 0 Å². The van der Waals surface area contributed by atoms with Crippen LogP contribution in [0, 0.1) is 0 Å². The second kappa shape index (κ2) is 9.82. The second-order valence-electron chi connectivity index (χ2n) is 6.05. The summed E-state index contributed by atoms with van der Waals surface area (Å²) in [5, 5.41) is 2.92. The minimum atomic E-state index is -4.03. The Morgan fingerprint density at radius 1 is 1.00 bits per heavy atom. The zero-order valence-corrected chi connectivity index (χ0v) is 18.1. The highest BCUT2D eigenvalue weighted by Crippen LogP contribution is 2.28. The zero-order chi connectivity index (χ0) is 21.6. The number of nitrogens with one attached hydrogen (secondary N) is 2. The maximum Gasteiger partial charge on any atom is 0.245 e. The number of methoxy groups -OCH3 is 3. The topological polar surface area (TPSA) is 103 Å². The molecule has 0 aliphatic heterocycles. The molecule has 0 bridgehead atoms. The van der Waals surface area contributed by atoms with Crippen molar-refractivity contribution in [2.45, 2.75) is 24.4 Å². The highest BCUT2D eigenvalue weighted by atomic mass is 35.5. The fourth-order valence-electron chi connectivity index (χ4n) is 2.54. The van der Waals surface area contributed by atoms with E-state index < -0.39 is 22.0 Å². The second-order valence-corrected chi connectivity index (χ2v) is 8.16. The number of carbonyl (C=O) groups is 1. The van der Waals surface area contributed by atoms with E-state index in [9.17, 15) is 13.2 Å². The monoisotopic (exact) mass is 442 g/mol. The number of halogens is 1. The Balaban J connectivity index is 2.06. The third-order valence-corrected chi connectivity index (χ3v) is 5.85. The van der Waals surface area contributed by atoms with Gasteiger partial charge < -0.3 is 19.5 Å². The smallest absolute Gasteiger partial charge is 0.245 e. The quantitative estimate of drug-likeness (QED) is 0.618. The van der Waals surface area contributed by atoms with Crippen molar-refractivity contribution in [3.63, 3.8) is 0 Å². The lowest BCUT2D eigenvalue weighted by Gasteiger charge is -2.16. The summed E-state index contributed by atoms with van der Waals surface area (Å²) in [5.74, 6) is 0.726. The summed E-state index contributed by atoms with van der Waals surface area (Å²) in [5.41, 5.74) is 0.766. The molecule has 8 nitrogen and oxygen atoms in total. The molecule has 0 fully saturated rings. The van der Waals surface area contributed by atoms with E-state index in [2.05, 4.69) is 10.0 Å². The van der Waals surface area contributed by atoms with Gasteiger partial charge in [-0.05, 0) is 42.8 Å². The van der Waals surface area contributed by atoms with E-state index in [0.717, 1.165) is 5.56 Å². The van der Waals surface area contributed by atoms with Crippen LogP contribution in [-0.4, -0.2) is 41.7 Å². The first-order valence-electron chi connectivity index (χ1n) is 8.56. The average Bonchev–Trinajstić information content (AvgIpc) is 2.71. The molecule has 158 valence electrons. The number of sulfonamides is 1. The molecule has 29 heavy (non-hydrogen) atoms. The SMILES string of the molecule is COc1ccc(CNC(=O)C(C)NS(=O)(=O)c2cc(Cl)ccc2OC)cc1OC. The van der Waals surface area contributed by atoms with Gasteiger partial charge in [0, 0.05) is 11.6 Å². The Bertz CT molecular complexity index is 981. The summed E-state index contributed by atoms with van der Waals surface area (Å²) in [6.07, 6.45) is 0. The molecule has 0 aromatic heterocycles. The van der Waals surface area contributed by atoms with Crippen LogP contribution in [0.2, 0.25) is 5.02 Å². The summed E-state index contributed by atoms with van der Waals surface area (Å²) in [6, 6.07) is 8.41. The van der Waals surface area contributed by atoms with E-state index in [0.29, 0.717) is 11.5 Å². The van der Waals surface area contributed by atoms with Crippen LogP contribution in [0.25, 0.3) is 0 Å². The van der Waals surface area contributed by atoms with E-state index in [-0.39, 0.29) is 22.2 Å². The molecule has 10 heteroatoms. The van der Waals surface area contributed by atoms with Crippen LogP contribution < -0.4 is 24.2 Å². The molecule has 0 aliphatic rings. The molecule has 2 rings (SSSR count). The Morgan fingerprint density at radius 2 is 1.62 bits per heavy atom. The van der Waals surface area contributed by atoms with Crippen LogP contribution in [0.1, 0.15) is 12.5 Å². The van der Waals surface area contributed by atoms with E-state index in [1.165, 1.54) is 46.5 Å². The number of hydrogen-bond donors (Lipinski definition) is 2. The Labute approximate surface area is 175 Å². The molecule has 1 atom stereocenters. The van der Waals surface area contributed by atoms with Gasteiger partial charge in [-0.2, -0.15) is 4.72 Å². The summed E-state index contributed by atoms with van der Waals surface area (Å²) >= 11 is 5.90. The Hall–Kier alpha value is -2.49. The van der Waals surface area contributed by atoms with E-state index in [1.807, 2.05) is 0 Å². The van der Waals surface area contributed by atoms with Crippen molar-refractivity contribution >= 4 is 27.5 Å². The maximum absolute atomic E-state index is 12.6. The molecule has 0 heterocycles. The van der Waals surface area contributed by atoms with Crippen molar-refractivity contribution in [2.75, 3.05) is 21.3 Å². The molecule has 1 unspecified atom stereocenters. The fourth-order valence-corrected chi connectivity index (χ4v) is 4.18. The molecule has 0 radical (unpaired) electrons. The molecule has 0 saturated carbocycles. The number of ether oxygens (including phenoxy) is 3. The van der Waals surface area contributed by atoms with Crippen LogP contribution in [0.5, 0.6) is 17.2 Å². The van der Waals surface area contributed by atoms with Gasteiger partial charge in [0.15, 0.2) is 11.5 Å². The first kappa shape index (κ1) is 22.8. The van der Waals surface area contributed by atoms with Gasteiger partial charge in [-0.25, -0.2) is 8.42 Å². The average molecular weight is 443 g/mol. The molecule has 0 aliphatic carbocycles. The van der Waals surface area contributed by atoms with Gasteiger partial charge in [0.25, 0.3) is 0 Å². The number of benzene rings is 2. The third-order valence-electron chi connectivity index (χ3n) is 4.06. The van der Waals surface area contributed by atoms with E-state index >= 15 is 0 Å². The largest absolute Gasteiger partial charge is 0.495 e. The molecular formula is C19H23ClN2O6S. The summed E-state index contributed by atoms with van der Waals surface area (Å²) in [6.45, 7) is 1.63. The van der Waals surface area contributed by atoms with Crippen molar-refractivity contribution in [1.82, 2.24) is 10.0 Å².